The van der Waals surface area contributed by atoms with E-state index in [1.165, 1.54) is 12.3 Å². The summed E-state index contributed by atoms with van der Waals surface area (Å²) in [6.07, 6.45) is 2.83. The highest BCUT2D eigenvalue weighted by Gasteiger charge is 2.16. The van der Waals surface area contributed by atoms with Crippen LogP contribution in [-0.2, 0) is 11.3 Å². The molecular formula is C18H22F2N4O. The molecular weight excluding hydrogens is 326 g/mol. The second kappa shape index (κ2) is 7.65. The van der Waals surface area contributed by atoms with Crippen molar-refractivity contribution in [1.82, 2.24) is 4.98 Å². The zero-order valence-corrected chi connectivity index (χ0v) is 14.4. The van der Waals surface area contributed by atoms with E-state index in [0.717, 1.165) is 5.69 Å². The molecule has 0 bridgehead atoms. The molecule has 0 radical (unpaired) electrons. The standard InChI is InChI=1S/C18H22F2N4O/c1-23(2)18-12-21-11-16(20)14(18)10-22-13-3-4-15(19)17(9-13)24-5-7-25-8-6-24/h3-4,9,11-12,22H,5-8,10H2,1-2H3. The number of ether oxygens (including phenoxy) is 1. The first-order chi connectivity index (χ1) is 12.1. The van der Waals surface area contributed by atoms with Crippen LogP contribution in [0.1, 0.15) is 5.56 Å². The van der Waals surface area contributed by atoms with Crippen LogP contribution < -0.4 is 15.1 Å². The monoisotopic (exact) mass is 348 g/mol. The highest BCUT2D eigenvalue weighted by molar-refractivity contribution is 5.60. The van der Waals surface area contributed by atoms with Crippen molar-refractivity contribution in [2.45, 2.75) is 6.54 Å². The number of morpholine rings is 1. The maximum atomic E-state index is 14.2. The molecule has 1 N–H and O–H groups in total. The average Bonchev–Trinajstić information content (AvgIpc) is 2.62. The lowest BCUT2D eigenvalue weighted by Crippen LogP contribution is -2.36. The molecule has 134 valence electrons. The number of hydrogen-bond donors (Lipinski definition) is 1. The highest BCUT2D eigenvalue weighted by atomic mass is 19.1. The van der Waals surface area contributed by atoms with E-state index < -0.39 is 0 Å². The summed E-state index contributed by atoms with van der Waals surface area (Å²) in [5.41, 5.74) is 2.51. The van der Waals surface area contributed by atoms with Gasteiger partial charge in [-0.3, -0.25) is 4.98 Å². The third-order valence-electron chi connectivity index (χ3n) is 4.23. The molecule has 1 aliphatic rings. The molecule has 25 heavy (non-hydrogen) atoms. The summed E-state index contributed by atoms with van der Waals surface area (Å²) in [6.45, 7) is 2.78. The summed E-state index contributed by atoms with van der Waals surface area (Å²) in [6, 6.07) is 4.85. The normalized spacial score (nSPS) is 14.5. The zero-order valence-electron chi connectivity index (χ0n) is 14.4. The Bertz CT molecular complexity index is 733. The molecule has 1 aromatic carbocycles. The number of rotatable bonds is 5. The molecule has 7 heteroatoms. The van der Waals surface area contributed by atoms with Gasteiger partial charge >= 0.3 is 0 Å². The SMILES string of the molecule is CN(C)c1cncc(F)c1CNc1ccc(F)c(N2CCOCC2)c1. The smallest absolute Gasteiger partial charge is 0.148 e. The minimum absolute atomic E-state index is 0.267. The summed E-state index contributed by atoms with van der Waals surface area (Å²) in [7, 11) is 3.68. The van der Waals surface area contributed by atoms with Crippen molar-refractivity contribution in [2.75, 3.05) is 55.5 Å². The minimum atomic E-state index is -0.366. The van der Waals surface area contributed by atoms with Gasteiger partial charge in [-0.2, -0.15) is 0 Å². The number of benzene rings is 1. The van der Waals surface area contributed by atoms with E-state index in [1.807, 2.05) is 23.9 Å². The zero-order chi connectivity index (χ0) is 17.8. The molecule has 1 aromatic heterocycles. The topological polar surface area (TPSA) is 40.6 Å². The van der Waals surface area contributed by atoms with Crippen molar-refractivity contribution in [2.24, 2.45) is 0 Å². The van der Waals surface area contributed by atoms with Crippen LogP contribution in [0.25, 0.3) is 0 Å². The van der Waals surface area contributed by atoms with Gasteiger partial charge in [-0.15, -0.1) is 0 Å². The number of aromatic nitrogens is 1. The Morgan fingerprint density at radius 3 is 2.64 bits per heavy atom. The first kappa shape index (κ1) is 17.4. The fourth-order valence-corrected chi connectivity index (χ4v) is 2.87. The number of hydrogen-bond acceptors (Lipinski definition) is 5. The minimum Gasteiger partial charge on any atom is -0.381 e. The van der Waals surface area contributed by atoms with Gasteiger partial charge < -0.3 is 19.9 Å². The fourth-order valence-electron chi connectivity index (χ4n) is 2.87. The molecule has 0 unspecified atom stereocenters. The molecule has 1 fully saturated rings. The summed E-state index contributed by atoms with van der Waals surface area (Å²) in [4.78, 5) is 7.67. The number of nitrogens with one attached hydrogen (secondary N) is 1. The van der Waals surface area contributed by atoms with Crippen molar-refractivity contribution in [3.05, 3.63) is 47.8 Å². The Morgan fingerprint density at radius 1 is 1.16 bits per heavy atom. The molecule has 1 aliphatic heterocycles. The third kappa shape index (κ3) is 3.99. The Labute approximate surface area is 146 Å². The van der Waals surface area contributed by atoms with E-state index in [9.17, 15) is 8.78 Å². The summed E-state index contributed by atoms with van der Waals surface area (Å²) < 4.78 is 33.6. The van der Waals surface area contributed by atoms with Gasteiger partial charge in [0.05, 0.1) is 37.0 Å². The van der Waals surface area contributed by atoms with Crippen LogP contribution in [0, 0.1) is 11.6 Å². The van der Waals surface area contributed by atoms with Gasteiger partial charge in [0, 0.05) is 45.0 Å². The Morgan fingerprint density at radius 2 is 1.92 bits per heavy atom. The van der Waals surface area contributed by atoms with Crippen LogP contribution in [0.3, 0.4) is 0 Å². The molecule has 2 aromatic rings. The quantitative estimate of drug-likeness (QED) is 0.900. The second-order valence-corrected chi connectivity index (χ2v) is 6.13. The number of pyridine rings is 1. The largest absolute Gasteiger partial charge is 0.381 e. The Kier molecular flexibility index (Phi) is 5.33. The first-order valence-corrected chi connectivity index (χ1v) is 8.22. The van der Waals surface area contributed by atoms with Crippen LogP contribution >= 0.6 is 0 Å². The van der Waals surface area contributed by atoms with Crippen LogP contribution in [-0.4, -0.2) is 45.4 Å². The van der Waals surface area contributed by atoms with E-state index in [2.05, 4.69) is 10.3 Å². The van der Waals surface area contributed by atoms with E-state index in [0.29, 0.717) is 43.2 Å². The molecule has 5 nitrogen and oxygen atoms in total. The lowest BCUT2D eigenvalue weighted by molar-refractivity contribution is 0.122. The molecule has 2 heterocycles. The molecule has 0 spiro atoms. The van der Waals surface area contributed by atoms with Gasteiger partial charge in [-0.05, 0) is 18.2 Å². The summed E-state index contributed by atoms with van der Waals surface area (Å²) in [5.74, 6) is -0.634. The van der Waals surface area contributed by atoms with E-state index >= 15 is 0 Å². The molecule has 1 saturated heterocycles. The van der Waals surface area contributed by atoms with Gasteiger partial charge in [0.25, 0.3) is 0 Å². The van der Waals surface area contributed by atoms with Crippen LogP contribution in [0.15, 0.2) is 30.6 Å². The number of halogens is 2. The van der Waals surface area contributed by atoms with Crippen molar-refractivity contribution in [3.8, 4) is 0 Å². The third-order valence-corrected chi connectivity index (χ3v) is 4.23. The summed E-state index contributed by atoms with van der Waals surface area (Å²) >= 11 is 0. The van der Waals surface area contributed by atoms with Crippen molar-refractivity contribution < 1.29 is 13.5 Å². The van der Waals surface area contributed by atoms with E-state index in [1.54, 1.807) is 18.3 Å². The predicted octanol–water partition coefficient (Wildman–Crippen LogP) is 2.87. The lowest BCUT2D eigenvalue weighted by atomic mass is 10.2. The maximum Gasteiger partial charge on any atom is 0.148 e. The van der Waals surface area contributed by atoms with Gasteiger partial charge in [0.2, 0.25) is 0 Å². The van der Waals surface area contributed by atoms with Gasteiger partial charge in [-0.1, -0.05) is 0 Å². The van der Waals surface area contributed by atoms with Crippen LogP contribution in [0.4, 0.5) is 25.8 Å². The number of nitrogens with zero attached hydrogens (tertiary/aromatic N) is 3. The lowest BCUT2D eigenvalue weighted by Gasteiger charge is -2.29. The van der Waals surface area contributed by atoms with E-state index in [4.69, 9.17) is 4.74 Å². The second-order valence-electron chi connectivity index (χ2n) is 6.13. The van der Waals surface area contributed by atoms with Gasteiger partial charge in [0.1, 0.15) is 11.6 Å². The molecule has 3 rings (SSSR count). The average molecular weight is 348 g/mol. The Hall–Kier alpha value is -2.41. The summed E-state index contributed by atoms with van der Waals surface area (Å²) in [5, 5.41) is 3.18. The molecule has 0 amide bonds. The molecule has 0 atom stereocenters. The highest BCUT2D eigenvalue weighted by Crippen LogP contribution is 2.26. The van der Waals surface area contributed by atoms with Gasteiger partial charge in [0.15, 0.2) is 0 Å². The molecule has 0 aliphatic carbocycles. The van der Waals surface area contributed by atoms with E-state index in [-0.39, 0.29) is 18.2 Å². The maximum absolute atomic E-state index is 14.2. The number of anilines is 3. The van der Waals surface area contributed by atoms with Crippen LogP contribution in [0.5, 0.6) is 0 Å². The van der Waals surface area contributed by atoms with Gasteiger partial charge in [-0.25, -0.2) is 8.78 Å². The van der Waals surface area contributed by atoms with Crippen molar-refractivity contribution in [3.63, 3.8) is 0 Å². The molecule has 0 saturated carbocycles. The first-order valence-electron chi connectivity index (χ1n) is 8.22. The predicted molar refractivity (Wildman–Crippen MR) is 95.3 cm³/mol. The van der Waals surface area contributed by atoms with Crippen LogP contribution in [0.2, 0.25) is 0 Å². The fraction of sp³-hybridized carbons (Fsp3) is 0.389. The van der Waals surface area contributed by atoms with Crippen molar-refractivity contribution in [1.29, 1.82) is 0 Å². The Balaban J connectivity index is 1.78. The van der Waals surface area contributed by atoms with Crippen molar-refractivity contribution >= 4 is 17.1 Å².